The lowest BCUT2D eigenvalue weighted by atomic mass is 9.76. The molecular weight excluding hydrogens is 284 g/mol. The van der Waals surface area contributed by atoms with Gasteiger partial charge in [0.05, 0.1) is 19.2 Å². The van der Waals surface area contributed by atoms with E-state index >= 15 is 0 Å². The molecule has 0 N–H and O–H groups in total. The highest BCUT2D eigenvalue weighted by molar-refractivity contribution is 5.65. The van der Waals surface area contributed by atoms with Crippen LogP contribution in [0.3, 0.4) is 0 Å². The SMILES string of the molecule is CC(=O)OCC1COC2(CC(C)(C)N(CC#N)C(C)(C)C2)O1. The van der Waals surface area contributed by atoms with Crippen molar-refractivity contribution in [2.24, 2.45) is 0 Å². The van der Waals surface area contributed by atoms with Gasteiger partial charge in [-0.3, -0.25) is 9.69 Å². The van der Waals surface area contributed by atoms with E-state index in [9.17, 15) is 4.79 Å². The molecule has 6 nitrogen and oxygen atoms in total. The van der Waals surface area contributed by atoms with Gasteiger partial charge in [-0.2, -0.15) is 5.26 Å². The Bertz CT molecular complexity index is 463. The summed E-state index contributed by atoms with van der Waals surface area (Å²) in [5.74, 6) is -0.974. The molecule has 2 fully saturated rings. The molecule has 0 aliphatic carbocycles. The van der Waals surface area contributed by atoms with Gasteiger partial charge < -0.3 is 14.2 Å². The van der Waals surface area contributed by atoms with Crippen molar-refractivity contribution < 1.29 is 19.0 Å². The fourth-order valence-electron chi connectivity index (χ4n) is 3.98. The first-order valence-corrected chi connectivity index (χ1v) is 7.70. The van der Waals surface area contributed by atoms with E-state index in [-0.39, 0.29) is 29.8 Å². The lowest BCUT2D eigenvalue weighted by Gasteiger charge is -2.56. The number of nitriles is 1. The van der Waals surface area contributed by atoms with Gasteiger partial charge in [-0.15, -0.1) is 0 Å². The zero-order chi connectivity index (χ0) is 16.6. The maximum Gasteiger partial charge on any atom is 0.302 e. The van der Waals surface area contributed by atoms with Crippen LogP contribution < -0.4 is 0 Å². The molecule has 1 unspecified atom stereocenters. The van der Waals surface area contributed by atoms with Crippen molar-refractivity contribution >= 4 is 5.97 Å². The van der Waals surface area contributed by atoms with Crippen LogP contribution in [0.1, 0.15) is 47.5 Å². The van der Waals surface area contributed by atoms with Crippen molar-refractivity contribution in [2.45, 2.75) is 70.4 Å². The van der Waals surface area contributed by atoms with Gasteiger partial charge in [-0.25, -0.2) is 0 Å². The molecule has 2 saturated heterocycles. The highest BCUT2D eigenvalue weighted by Crippen LogP contribution is 2.48. The molecular formula is C16H26N2O4. The van der Waals surface area contributed by atoms with Crippen molar-refractivity contribution in [1.82, 2.24) is 4.90 Å². The lowest BCUT2D eigenvalue weighted by Crippen LogP contribution is -2.65. The smallest absolute Gasteiger partial charge is 0.302 e. The first-order valence-electron chi connectivity index (χ1n) is 7.70. The molecule has 6 heteroatoms. The highest BCUT2D eigenvalue weighted by atomic mass is 16.8. The van der Waals surface area contributed by atoms with Crippen LogP contribution in [-0.2, 0) is 19.0 Å². The summed E-state index contributed by atoms with van der Waals surface area (Å²) in [7, 11) is 0. The van der Waals surface area contributed by atoms with E-state index in [0.717, 1.165) is 0 Å². The molecule has 2 heterocycles. The third kappa shape index (κ3) is 3.43. The minimum atomic E-state index is -0.663. The monoisotopic (exact) mass is 310 g/mol. The van der Waals surface area contributed by atoms with E-state index in [0.29, 0.717) is 26.0 Å². The van der Waals surface area contributed by atoms with Gasteiger partial charge in [0, 0.05) is 30.8 Å². The third-order valence-electron chi connectivity index (χ3n) is 4.48. The Labute approximate surface area is 132 Å². The summed E-state index contributed by atoms with van der Waals surface area (Å²) in [6, 6.07) is 2.26. The van der Waals surface area contributed by atoms with E-state index in [1.165, 1.54) is 6.92 Å². The molecule has 2 aliphatic heterocycles. The predicted octanol–water partition coefficient (Wildman–Crippen LogP) is 1.84. The topological polar surface area (TPSA) is 71.8 Å². The average Bonchev–Trinajstić information content (AvgIpc) is 2.73. The van der Waals surface area contributed by atoms with Crippen LogP contribution in [-0.4, -0.2) is 53.6 Å². The second kappa shape index (κ2) is 5.80. The van der Waals surface area contributed by atoms with Gasteiger partial charge in [0.1, 0.15) is 12.7 Å². The highest BCUT2D eigenvalue weighted by Gasteiger charge is 2.56. The number of carbonyl (C=O) groups is 1. The fourth-order valence-corrected chi connectivity index (χ4v) is 3.98. The Morgan fingerprint density at radius 1 is 1.32 bits per heavy atom. The largest absolute Gasteiger partial charge is 0.463 e. The summed E-state index contributed by atoms with van der Waals surface area (Å²) in [5, 5.41) is 9.10. The summed E-state index contributed by atoms with van der Waals surface area (Å²) < 4.78 is 17.2. The molecule has 2 aliphatic rings. The first-order chi connectivity index (χ1) is 10.1. The van der Waals surface area contributed by atoms with E-state index < -0.39 is 5.79 Å². The van der Waals surface area contributed by atoms with Crippen molar-refractivity contribution in [3.8, 4) is 6.07 Å². The van der Waals surface area contributed by atoms with E-state index in [4.69, 9.17) is 19.5 Å². The maximum atomic E-state index is 10.9. The zero-order valence-electron chi connectivity index (χ0n) is 14.1. The zero-order valence-corrected chi connectivity index (χ0v) is 14.1. The number of nitrogens with zero attached hydrogens (tertiary/aromatic N) is 2. The summed E-state index contributed by atoms with van der Waals surface area (Å²) >= 11 is 0. The van der Waals surface area contributed by atoms with Crippen LogP contribution in [0, 0.1) is 11.3 Å². The molecule has 124 valence electrons. The minimum absolute atomic E-state index is 0.214. The molecule has 2 rings (SSSR count). The number of hydrogen-bond acceptors (Lipinski definition) is 6. The van der Waals surface area contributed by atoms with Gasteiger partial charge in [0.25, 0.3) is 0 Å². The second-order valence-corrected chi connectivity index (χ2v) is 7.49. The van der Waals surface area contributed by atoms with Gasteiger partial charge in [-0.1, -0.05) is 0 Å². The number of carbonyl (C=O) groups excluding carboxylic acids is 1. The van der Waals surface area contributed by atoms with Crippen LogP contribution >= 0.6 is 0 Å². The Hall–Kier alpha value is -1.16. The van der Waals surface area contributed by atoms with Gasteiger partial charge in [0.15, 0.2) is 5.79 Å². The third-order valence-corrected chi connectivity index (χ3v) is 4.48. The molecule has 1 atom stereocenters. The summed E-state index contributed by atoms with van der Waals surface area (Å²) in [6.45, 7) is 10.9. The minimum Gasteiger partial charge on any atom is -0.463 e. The predicted molar refractivity (Wildman–Crippen MR) is 79.9 cm³/mol. The van der Waals surface area contributed by atoms with Crippen LogP contribution in [0.15, 0.2) is 0 Å². The van der Waals surface area contributed by atoms with Gasteiger partial charge in [-0.05, 0) is 27.7 Å². The molecule has 22 heavy (non-hydrogen) atoms. The van der Waals surface area contributed by atoms with Crippen LogP contribution in [0.25, 0.3) is 0 Å². The van der Waals surface area contributed by atoms with Crippen molar-refractivity contribution in [2.75, 3.05) is 19.8 Å². The Morgan fingerprint density at radius 2 is 1.91 bits per heavy atom. The molecule has 0 saturated carbocycles. The number of hydrogen-bond donors (Lipinski definition) is 0. The molecule has 0 amide bonds. The van der Waals surface area contributed by atoms with Crippen molar-refractivity contribution in [3.63, 3.8) is 0 Å². The van der Waals surface area contributed by atoms with Gasteiger partial charge in [0.2, 0.25) is 0 Å². The molecule has 0 aromatic carbocycles. The maximum absolute atomic E-state index is 10.9. The number of piperidine rings is 1. The summed E-state index contributed by atoms with van der Waals surface area (Å²) in [6.07, 6.45) is 1.14. The van der Waals surface area contributed by atoms with Crippen LogP contribution in [0.2, 0.25) is 0 Å². The number of ether oxygens (including phenoxy) is 3. The normalized spacial score (nSPS) is 29.2. The fraction of sp³-hybridized carbons (Fsp3) is 0.875. The Balaban J connectivity index is 2.11. The molecule has 0 bridgehead atoms. The number of esters is 1. The Kier molecular flexibility index (Phi) is 4.54. The van der Waals surface area contributed by atoms with E-state index in [1.807, 2.05) is 0 Å². The molecule has 0 radical (unpaired) electrons. The number of likely N-dealkylation sites (tertiary alicyclic amines) is 1. The summed E-state index contributed by atoms with van der Waals surface area (Å²) in [4.78, 5) is 13.1. The number of rotatable bonds is 3. The summed E-state index contributed by atoms with van der Waals surface area (Å²) in [5.41, 5.74) is -0.429. The van der Waals surface area contributed by atoms with Crippen LogP contribution in [0.4, 0.5) is 0 Å². The van der Waals surface area contributed by atoms with Crippen molar-refractivity contribution in [1.29, 1.82) is 5.26 Å². The first kappa shape index (κ1) is 17.2. The molecule has 1 spiro atoms. The molecule has 0 aromatic heterocycles. The second-order valence-electron chi connectivity index (χ2n) is 7.49. The van der Waals surface area contributed by atoms with E-state index in [1.54, 1.807) is 0 Å². The van der Waals surface area contributed by atoms with Crippen molar-refractivity contribution in [3.05, 3.63) is 0 Å². The Morgan fingerprint density at radius 3 is 2.41 bits per heavy atom. The van der Waals surface area contributed by atoms with Crippen LogP contribution in [0.5, 0.6) is 0 Å². The standard InChI is InChI=1S/C16H26N2O4/c1-12(19)20-8-13-9-21-16(22-13)10-14(2,3)18(7-6-17)15(4,5)11-16/h13H,7-11H2,1-5H3. The average molecular weight is 310 g/mol. The van der Waals surface area contributed by atoms with E-state index in [2.05, 4.69) is 38.7 Å². The van der Waals surface area contributed by atoms with Gasteiger partial charge >= 0.3 is 5.97 Å². The molecule has 0 aromatic rings. The lowest BCUT2D eigenvalue weighted by molar-refractivity contribution is -0.246. The quantitative estimate of drug-likeness (QED) is 0.585.